The van der Waals surface area contributed by atoms with Gasteiger partial charge in [-0.25, -0.2) is 14.6 Å². The topological polar surface area (TPSA) is 154 Å². The molecule has 1 atom stereocenters. The average Bonchev–Trinajstić information content (AvgIpc) is 2.66. The van der Waals surface area contributed by atoms with Crippen LogP contribution in [0.1, 0.15) is 62.4 Å². The molecule has 0 aliphatic heterocycles. The molecule has 0 aromatic carbocycles. The second kappa shape index (κ2) is 11.3. The van der Waals surface area contributed by atoms with Gasteiger partial charge in [0.25, 0.3) is 15.7 Å². The number of rotatable bonds is 10. The molecule has 0 aliphatic carbocycles. The van der Waals surface area contributed by atoms with Gasteiger partial charge in [0.1, 0.15) is 11.4 Å². The van der Waals surface area contributed by atoms with Gasteiger partial charge in [-0.15, -0.1) is 0 Å². The van der Waals surface area contributed by atoms with E-state index in [1.165, 1.54) is 19.1 Å². The lowest BCUT2D eigenvalue weighted by atomic mass is 10.1. The average molecular weight is 478 g/mol. The highest BCUT2D eigenvalue weighted by molar-refractivity contribution is 7.85. The molecule has 12 nitrogen and oxygen atoms in total. The number of methoxy groups -OCH3 is 2. The third kappa shape index (κ3) is 8.46. The van der Waals surface area contributed by atoms with Gasteiger partial charge in [0.2, 0.25) is 5.75 Å². The maximum atomic E-state index is 12.6. The Morgan fingerprint density at radius 1 is 1.19 bits per heavy atom. The molecule has 0 saturated heterocycles. The Morgan fingerprint density at radius 3 is 2.31 bits per heavy atom. The van der Waals surface area contributed by atoms with Gasteiger partial charge in [0.15, 0.2) is 5.69 Å². The van der Waals surface area contributed by atoms with Crippen molar-refractivity contribution in [2.45, 2.75) is 51.7 Å². The number of aromatic nitrogens is 2. The molecule has 0 fully saturated rings. The summed E-state index contributed by atoms with van der Waals surface area (Å²) in [6.45, 7) is 5.08. The van der Waals surface area contributed by atoms with Crippen LogP contribution in [0.3, 0.4) is 0 Å². The van der Waals surface area contributed by atoms with Crippen molar-refractivity contribution < 1.29 is 36.4 Å². The third-order valence-corrected chi connectivity index (χ3v) is 4.71. The fraction of sp³-hybridized carbons (Fsp3) is 0.684. The zero-order valence-corrected chi connectivity index (χ0v) is 20.2. The molecule has 0 saturated carbocycles. The van der Waals surface area contributed by atoms with E-state index >= 15 is 0 Å². The molecule has 1 N–H and O–H groups in total. The molecule has 0 radical (unpaired) electrons. The SMILES string of the molecule is COC(=O)c1nc(C(CCCCOS(C)(=O)=O)N(C)C(=O)OC(C)(C)C)[nH]c(=O)c1OC. The van der Waals surface area contributed by atoms with Crippen molar-refractivity contribution in [1.82, 2.24) is 14.9 Å². The van der Waals surface area contributed by atoms with Gasteiger partial charge in [-0.05, 0) is 40.0 Å². The Hall–Kier alpha value is -2.67. The summed E-state index contributed by atoms with van der Waals surface area (Å²) < 4.78 is 42.0. The van der Waals surface area contributed by atoms with Gasteiger partial charge in [-0.3, -0.25) is 8.98 Å². The maximum absolute atomic E-state index is 12.6. The van der Waals surface area contributed by atoms with Gasteiger partial charge in [0, 0.05) is 7.05 Å². The van der Waals surface area contributed by atoms with Crippen molar-refractivity contribution in [2.24, 2.45) is 0 Å². The molecule has 182 valence electrons. The number of carbonyl (C=O) groups is 2. The van der Waals surface area contributed by atoms with Crippen LogP contribution in [0, 0.1) is 0 Å². The standard InChI is InChI=1S/C19H31N3O9S/c1-19(2,3)31-18(25)22(4)12(10-8-9-11-30-32(7,26)27)15-20-13(17(24)29-6)14(28-5)16(23)21-15/h12H,8-11H2,1-7H3,(H,20,21,23). The molecular weight excluding hydrogens is 446 g/mol. The maximum Gasteiger partial charge on any atom is 0.410 e. The van der Waals surface area contributed by atoms with Crippen molar-refractivity contribution in [1.29, 1.82) is 0 Å². The van der Waals surface area contributed by atoms with E-state index in [4.69, 9.17) is 13.7 Å². The Labute approximate surface area is 187 Å². The second-order valence-corrected chi connectivity index (χ2v) is 9.60. The van der Waals surface area contributed by atoms with Crippen LogP contribution < -0.4 is 10.3 Å². The van der Waals surface area contributed by atoms with Gasteiger partial charge >= 0.3 is 12.1 Å². The molecule has 13 heteroatoms. The highest BCUT2D eigenvalue weighted by Gasteiger charge is 2.30. The summed E-state index contributed by atoms with van der Waals surface area (Å²) in [7, 11) is 0.246. The van der Waals surface area contributed by atoms with Gasteiger partial charge in [-0.2, -0.15) is 8.42 Å². The molecule has 1 heterocycles. The fourth-order valence-electron chi connectivity index (χ4n) is 2.69. The number of carbonyl (C=O) groups excluding carboxylic acids is 2. The number of aromatic amines is 1. The van der Waals surface area contributed by atoms with E-state index in [9.17, 15) is 22.8 Å². The molecule has 1 amide bonds. The summed E-state index contributed by atoms with van der Waals surface area (Å²) >= 11 is 0. The molecule has 1 aromatic heterocycles. The molecule has 1 rings (SSSR count). The fourth-order valence-corrected chi connectivity index (χ4v) is 3.11. The van der Waals surface area contributed by atoms with Crippen LogP contribution in [-0.4, -0.2) is 75.1 Å². The number of nitrogens with one attached hydrogen (secondary N) is 1. The Morgan fingerprint density at radius 2 is 1.81 bits per heavy atom. The highest BCUT2D eigenvalue weighted by Crippen LogP contribution is 2.26. The Balaban J connectivity index is 3.27. The summed E-state index contributed by atoms with van der Waals surface area (Å²) in [4.78, 5) is 45.2. The first kappa shape index (κ1) is 27.4. The Bertz CT molecular complexity index is 967. The lowest BCUT2D eigenvalue weighted by Crippen LogP contribution is -2.38. The summed E-state index contributed by atoms with van der Waals surface area (Å²) in [6.07, 6.45) is 1.31. The van der Waals surface area contributed by atoms with Crippen molar-refractivity contribution in [3.05, 3.63) is 21.9 Å². The van der Waals surface area contributed by atoms with Crippen LogP contribution in [0.15, 0.2) is 4.79 Å². The normalized spacial score (nSPS) is 12.7. The zero-order valence-electron chi connectivity index (χ0n) is 19.4. The smallest absolute Gasteiger partial charge is 0.410 e. The van der Waals surface area contributed by atoms with Crippen LogP contribution >= 0.6 is 0 Å². The zero-order chi connectivity index (χ0) is 24.7. The number of nitrogens with zero attached hydrogens (tertiary/aromatic N) is 2. The summed E-state index contributed by atoms with van der Waals surface area (Å²) in [5.41, 5.74) is -1.82. The van der Waals surface area contributed by atoms with E-state index in [0.29, 0.717) is 12.8 Å². The quantitative estimate of drug-likeness (QED) is 0.298. The van der Waals surface area contributed by atoms with E-state index < -0.39 is 39.4 Å². The van der Waals surface area contributed by atoms with Crippen LogP contribution in [0.2, 0.25) is 0 Å². The van der Waals surface area contributed by atoms with Gasteiger partial charge < -0.3 is 24.1 Å². The monoisotopic (exact) mass is 477 g/mol. The summed E-state index contributed by atoms with van der Waals surface area (Å²) in [6, 6.07) is -0.801. The first-order valence-electron chi connectivity index (χ1n) is 9.77. The van der Waals surface area contributed by atoms with Crippen molar-refractivity contribution >= 4 is 22.2 Å². The summed E-state index contributed by atoms with van der Waals surface area (Å²) in [5, 5.41) is 0. The van der Waals surface area contributed by atoms with Crippen LogP contribution in [0.4, 0.5) is 4.79 Å². The number of hydrogen-bond donors (Lipinski definition) is 1. The molecule has 0 bridgehead atoms. The van der Waals surface area contributed by atoms with Crippen molar-refractivity contribution in [3.8, 4) is 5.75 Å². The molecular formula is C19H31N3O9S. The minimum Gasteiger partial charge on any atom is -0.489 e. The van der Waals surface area contributed by atoms with E-state index in [1.807, 2.05) is 0 Å². The first-order chi connectivity index (χ1) is 14.7. The van der Waals surface area contributed by atoms with Gasteiger partial charge in [-0.1, -0.05) is 0 Å². The first-order valence-corrected chi connectivity index (χ1v) is 11.6. The lowest BCUT2D eigenvalue weighted by molar-refractivity contribution is 0.0201. The number of hydrogen-bond acceptors (Lipinski definition) is 10. The number of amides is 1. The minimum atomic E-state index is -3.57. The molecule has 32 heavy (non-hydrogen) atoms. The molecule has 1 unspecified atom stereocenters. The second-order valence-electron chi connectivity index (χ2n) is 7.95. The number of unbranched alkanes of at least 4 members (excludes halogenated alkanes) is 1. The molecule has 0 spiro atoms. The lowest BCUT2D eigenvalue weighted by Gasteiger charge is -2.30. The van der Waals surface area contributed by atoms with Crippen molar-refractivity contribution in [2.75, 3.05) is 34.1 Å². The molecule has 1 aromatic rings. The third-order valence-electron chi connectivity index (χ3n) is 4.11. The predicted octanol–water partition coefficient (Wildman–Crippen LogP) is 1.62. The van der Waals surface area contributed by atoms with E-state index in [0.717, 1.165) is 13.4 Å². The van der Waals surface area contributed by atoms with Crippen LogP contribution in [-0.2, 0) is 23.8 Å². The summed E-state index contributed by atoms with van der Waals surface area (Å²) in [5.74, 6) is -1.18. The largest absolute Gasteiger partial charge is 0.489 e. The number of H-pyrrole nitrogens is 1. The predicted molar refractivity (Wildman–Crippen MR) is 114 cm³/mol. The van der Waals surface area contributed by atoms with E-state index in [-0.39, 0.29) is 30.3 Å². The number of ether oxygens (including phenoxy) is 3. The van der Waals surface area contributed by atoms with Gasteiger partial charge in [0.05, 0.1) is 33.1 Å². The van der Waals surface area contributed by atoms with E-state index in [2.05, 4.69) is 14.7 Å². The minimum absolute atomic E-state index is 0.0218. The molecule has 0 aliphatic rings. The van der Waals surface area contributed by atoms with Crippen LogP contribution in [0.25, 0.3) is 0 Å². The van der Waals surface area contributed by atoms with Crippen LogP contribution in [0.5, 0.6) is 5.75 Å². The number of esters is 1. The van der Waals surface area contributed by atoms with E-state index in [1.54, 1.807) is 20.8 Å². The Kier molecular flexibility index (Phi) is 9.64. The van der Waals surface area contributed by atoms with Crippen molar-refractivity contribution in [3.63, 3.8) is 0 Å². The highest BCUT2D eigenvalue weighted by atomic mass is 32.2.